The second kappa shape index (κ2) is 10.0. The summed E-state index contributed by atoms with van der Waals surface area (Å²) < 4.78 is 4.24. The van der Waals surface area contributed by atoms with E-state index in [-0.39, 0.29) is 0 Å². The molecule has 2 aromatic heterocycles. The zero-order valence-corrected chi connectivity index (χ0v) is 16.3. The molecule has 0 fully saturated rings. The Kier molecular flexibility index (Phi) is 8.34. The van der Waals surface area contributed by atoms with E-state index in [4.69, 9.17) is 0 Å². The summed E-state index contributed by atoms with van der Waals surface area (Å²) >= 11 is 7.42. The highest BCUT2D eigenvalue weighted by Crippen LogP contribution is 2.38. The quantitative estimate of drug-likeness (QED) is 0.341. The van der Waals surface area contributed by atoms with Crippen molar-refractivity contribution < 1.29 is 0 Å². The molecule has 21 heavy (non-hydrogen) atoms. The van der Waals surface area contributed by atoms with Crippen LogP contribution in [0, 0.1) is 0 Å². The van der Waals surface area contributed by atoms with Crippen LogP contribution in [0.2, 0.25) is 0 Å². The van der Waals surface area contributed by atoms with Crippen LogP contribution in [-0.4, -0.2) is 0 Å². The maximum absolute atomic E-state index is 3.63. The van der Waals surface area contributed by atoms with E-state index < -0.39 is 0 Å². The second-order valence-corrected chi connectivity index (χ2v) is 8.55. The first-order valence-electron chi connectivity index (χ1n) is 8.46. The number of hydrogen-bond donors (Lipinski definition) is 0. The summed E-state index contributed by atoms with van der Waals surface area (Å²) in [7, 11) is 0. The fraction of sp³-hybridized carbons (Fsp3) is 0.667. The molecule has 0 aromatic carbocycles. The van der Waals surface area contributed by atoms with Crippen molar-refractivity contribution in [3.05, 3.63) is 20.8 Å². The van der Waals surface area contributed by atoms with Crippen molar-refractivity contribution in [3.63, 3.8) is 0 Å². The minimum Gasteiger partial charge on any atom is -0.141 e. The Hall–Kier alpha value is 0.140. The van der Waals surface area contributed by atoms with Crippen LogP contribution in [0.5, 0.6) is 0 Å². The smallest absolute Gasteiger partial charge is 0.0595 e. The molecule has 0 amide bonds. The molecule has 0 aliphatic rings. The van der Waals surface area contributed by atoms with E-state index in [9.17, 15) is 0 Å². The lowest BCUT2D eigenvalue weighted by Crippen LogP contribution is -1.85. The van der Waals surface area contributed by atoms with E-state index in [0.29, 0.717) is 0 Å². The Morgan fingerprint density at radius 2 is 1.33 bits per heavy atom. The Bertz CT molecular complexity index is 512. The molecule has 2 aromatic rings. The highest BCUT2D eigenvalue weighted by Gasteiger charge is 2.08. The van der Waals surface area contributed by atoms with Crippen molar-refractivity contribution in [1.29, 1.82) is 0 Å². The van der Waals surface area contributed by atoms with Gasteiger partial charge in [-0.25, -0.2) is 0 Å². The number of thiophene rings is 2. The fourth-order valence-electron chi connectivity index (χ4n) is 2.82. The Morgan fingerprint density at radius 3 is 2.00 bits per heavy atom. The van der Waals surface area contributed by atoms with Gasteiger partial charge in [-0.2, -0.15) is 0 Å². The molecule has 0 unspecified atom stereocenters. The lowest BCUT2D eigenvalue weighted by molar-refractivity contribution is 0.556. The van der Waals surface area contributed by atoms with Gasteiger partial charge in [0, 0.05) is 14.6 Å². The fourth-order valence-corrected chi connectivity index (χ4v) is 5.92. The molecule has 0 radical (unpaired) electrons. The third-order valence-electron chi connectivity index (χ3n) is 4.11. The number of halogens is 1. The van der Waals surface area contributed by atoms with Crippen LogP contribution in [-0.2, 0) is 6.42 Å². The molecule has 2 heterocycles. The number of hydrogen-bond acceptors (Lipinski definition) is 2. The standard InChI is InChI=1S/C18H27BrS2/c1-2-3-4-5-6-7-8-9-10-11-12-15-13-20-18-16(19)14-21-17(15)18/h13-14H,2-12H2,1H3. The Morgan fingerprint density at radius 1 is 0.762 bits per heavy atom. The van der Waals surface area contributed by atoms with Crippen LogP contribution in [0.25, 0.3) is 9.40 Å². The normalized spacial score (nSPS) is 11.5. The monoisotopic (exact) mass is 386 g/mol. The van der Waals surface area contributed by atoms with E-state index in [1.54, 1.807) is 5.56 Å². The third kappa shape index (κ3) is 5.69. The highest BCUT2D eigenvalue weighted by molar-refractivity contribution is 9.10. The van der Waals surface area contributed by atoms with E-state index in [2.05, 4.69) is 33.6 Å². The van der Waals surface area contributed by atoms with E-state index in [0.717, 1.165) is 0 Å². The van der Waals surface area contributed by atoms with Crippen LogP contribution in [0.15, 0.2) is 15.2 Å². The van der Waals surface area contributed by atoms with Crippen molar-refractivity contribution in [2.24, 2.45) is 0 Å². The van der Waals surface area contributed by atoms with Crippen molar-refractivity contribution in [2.75, 3.05) is 0 Å². The van der Waals surface area contributed by atoms with Gasteiger partial charge in [0.25, 0.3) is 0 Å². The van der Waals surface area contributed by atoms with Crippen molar-refractivity contribution >= 4 is 48.0 Å². The van der Waals surface area contributed by atoms with Crippen molar-refractivity contribution in [2.45, 2.75) is 77.6 Å². The van der Waals surface area contributed by atoms with Crippen molar-refractivity contribution in [3.8, 4) is 0 Å². The molecule has 0 bridgehead atoms. The molecule has 0 saturated heterocycles. The Balaban J connectivity index is 1.52. The van der Waals surface area contributed by atoms with Crippen LogP contribution < -0.4 is 0 Å². The van der Waals surface area contributed by atoms with Gasteiger partial charge < -0.3 is 0 Å². The summed E-state index contributed by atoms with van der Waals surface area (Å²) in [5, 5.41) is 4.59. The summed E-state index contributed by atoms with van der Waals surface area (Å²) in [5.74, 6) is 0. The first-order chi connectivity index (χ1) is 10.3. The average Bonchev–Trinajstić information content (AvgIpc) is 3.05. The van der Waals surface area contributed by atoms with Crippen LogP contribution in [0.4, 0.5) is 0 Å². The average molecular weight is 387 g/mol. The van der Waals surface area contributed by atoms with E-state index in [1.807, 2.05) is 22.7 Å². The maximum atomic E-state index is 3.63. The van der Waals surface area contributed by atoms with Gasteiger partial charge in [-0.1, -0.05) is 64.7 Å². The Labute approximate surface area is 146 Å². The predicted octanol–water partition coefficient (Wildman–Crippen LogP) is 8.19. The summed E-state index contributed by atoms with van der Waals surface area (Å²) in [6.45, 7) is 2.29. The topological polar surface area (TPSA) is 0 Å². The minimum atomic E-state index is 1.27. The molecule has 2 rings (SSSR count). The van der Waals surface area contributed by atoms with Gasteiger partial charge in [0.1, 0.15) is 0 Å². The van der Waals surface area contributed by atoms with Gasteiger partial charge in [0.05, 0.1) is 4.70 Å². The molecule has 0 aliphatic heterocycles. The molecule has 0 spiro atoms. The summed E-state index contributed by atoms with van der Waals surface area (Å²) in [6, 6.07) is 0. The lowest BCUT2D eigenvalue weighted by Gasteiger charge is -2.02. The molecule has 0 nitrogen and oxygen atoms in total. The first-order valence-corrected chi connectivity index (χ1v) is 11.0. The molecule has 118 valence electrons. The van der Waals surface area contributed by atoms with E-state index >= 15 is 0 Å². The van der Waals surface area contributed by atoms with Gasteiger partial charge in [-0.15, -0.1) is 22.7 Å². The zero-order chi connectivity index (χ0) is 14.9. The number of fused-ring (bicyclic) bond motifs is 1. The number of rotatable bonds is 11. The molecule has 0 saturated carbocycles. The van der Waals surface area contributed by atoms with Gasteiger partial charge in [0.2, 0.25) is 0 Å². The lowest BCUT2D eigenvalue weighted by atomic mass is 10.0. The highest BCUT2D eigenvalue weighted by atomic mass is 79.9. The van der Waals surface area contributed by atoms with Crippen LogP contribution in [0.1, 0.15) is 76.7 Å². The van der Waals surface area contributed by atoms with E-state index in [1.165, 1.54) is 84.5 Å². The molecule has 0 N–H and O–H groups in total. The summed E-state index contributed by atoms with van der Waals surface area (Å²) in [4.78, 5) is 0. The predicted molar refractivity (Wildman–Crippen MR) is 103 cm³/mol. The summed E-state index contributed by atoms with van der Waals surface area (Å²) in [6.07, 6.45) is 15.5. The third-order valence-corrected chi connectivity index (χ3v) is 7.55. The number of aryl methyl sites for hydroxylation is 1. The molecule has 0 atom stereocenters. The zero-order valence-electron chi connectivity index (χ0n) is 13.1. The molecular weight excluding hydrogens is 360 g/mol. The maximum Gasteiger partial charge on any atom is 0.0595 e. The SMILES string of the molecule is CCCCCCCCCCCCc1csc2c(Br)csc12. The van der Waals surface area contributed by atoms with Crippen LogP contribution >= 0.6 is 38.6 Å². The number of unbranched alkanes of at least 4 members (excludes halogenated alkanes) is 9. The minimum absolute atomic E-state index is 1.27. The largest absolute Gasteiger partial charge is 0.141 e. The summed E-state index contributed by atoms with van der Waals surface area (Å²) in [5.41, 5.74) is 1.57. The first kappa shape index (κ1) is 17.5. The van der Waals surface area contributed by atoms with Crippen LogP contribution in [0.3, 0.4) is 0 Å². The van der Waals surface area contributed by atoms with Gasteiger partial charge >= 0.3 is 0 Å². The molecule has 3 heteroatoms. The van der Waals surface area contributed by atoms with Crippen molar-refractivity contribution in [1.82, 2.24) is 0 Å². The van der Waals surface area contributed by atoms with Gasteiger partial charge in [-0.3, -0.25) is 0 Å². The van der Waals surface area contributed by atoms with Gasteiger partial charge in [0.15, 0.2) is 0 Å². The molecular formula is C18H27BrS2. The van der Waals surface area contributed by atoms with Gasteiger partial charge in [-0.05, 0) is 39.7 Å². The second-order valence-electron chi connectivity index (χ2n) is 5.93. The molecule has 0 aliphatic carbocycles.